The van der Waals surface area contributed by atoms with Crippen molar-refractivity contribution in [3.63, 3.8) is 0 Å². The molecule has 0 saturated heterocycles. The Balaban J connectivity index is 1.60. The Bertz CT molecular complexity index is 618. The van der Waals surface area contributed by atoms with Crippen molar-refractivity contribution in [2.75, 3.05) is 20.3 Å². The van der Waals surface area contributed by atoms with Gasteiger partial charge in [-0.1, -0.05) is 0 Å². The number of fused-ring (bicyclic) bond motifs is 1. The maximum atomic E-state index is 5.55. The molecule has 1 aliphatic heterocycles. The summed E-state index contributed by atoms with van der Waals surface area (Å²) in [6.45, 7) is 3.92. The summed E-state index contributed by atoms with van der Waals surface area (Å²) in [5.74, 6) is 0.847. The molecule has 1 atom stereocenters. The molecule has 3 heterocycles. The van der Waals surface area contributed by atoms with Gasteiger partial charge in [0.25, 0.3) is 0 Å². The standard InChI is InChI=1S/C17H23N3OS/c1-21-11-16-17-15(8-18-20(17)10-13-2-3-13)4-6-19(16)9-14-5-7-22-12-14/h5,7-8,12-13,16H,2-4,6,9-11H2,1H3/t16-/m0/s1. The van der Waals surface area contributed by atoms with Gasteiger partial charge in [0, 0.05) is 26.7 Å². The molecule has 1 saturated carbocycles. The van der Waals surface area contributed by atoms with E-state index in [4.69, 9.17) is 4.74 Å². The van der Waals surface area contributed by atoms with E-state index in [1.165, 1.54) is 29.7 Å². The number of hydrogen-bond acceptors (Lipinski definition) is 4. The van der Waals surface area contributed by atoms with E-state index in [0.717, 1.165) is 38.6 Å². The van der Waals surface area contributed by atoms with Crippen molar-refractivity contribution < 1.29 is 4.74 Å². The number of methoxy groups -OCH3 is 1. The van der Waals surface area contributed by atoms with E-state index in [-0.39, 0.29) is 0 Å². The number of thiophene rings is 1. The number of hydrogen-bond donors (Lipinski definition) is 0. The number of nitrogens with zero attached hydrogens (tertiary/aromatic N) is 3. The van der Waals surface area contributed by atoms with Crippen LogP contribution in [-0.2, 0) is 24.2 Å². The molecule has 118 valence electrons. The lowest BCUT2D eigenvalue weighted by atomic mass is 9.99. The second-order valence-electron chi connectivity index (χ2n) is 6.50. The second kappa shape index (κ2) is 6.14. The lowest BCUT2D eigenvalue weighted by Gasteiger charge is -2.36. The summed E-state index contributed by atoms with van der Waals surface area (Å²) in [4.78, 5) is 2.55. The van der Waals surface area contributed by atoms with Gasteiger partial charge >= 0.3 is 0 Å². The second-order valence-corrected chi connectivity index (χ2v) is 7.28. The molecule has 0 aromatic carbocycles. The number of aromatic nitrogens is 2. The normalized spacial score (nSPS) is 22.0. The maximum Gasteiger partial charge on any atom is 0.0760 e. The van der Waals surface area contributed by atoms with Crippen LogP contribution in [-0.4, -0.2) is 34.9 Å². The zero-order valence-corrected chi connectivity index (χ0v) is 13.9. The third-order valence-corrected chi connectivity index (χ3v) is 5.54. The average molecular weight is 317 g/mol. The van der Waals surface area contributed by atoms with Crippen LogP contribution in [0, 0.1) is 5.92 Å². The molecular formula is C17H23N3OS. The maximum absolute atomic E-state index is 5.55. The van der Waals surface area contributed by atoms with Gasteiger partial charge in [-0.15, -0.1) is 0 Å². The topological polar surface area (TPSA) is 30.3 Å². The van der Waals surface area contributed by atoms with Crippen molar-refractivity contribution in [2.24, 2.45) is 5.92 Å². The Kier molecular flexibility index (Phi) is 4.03. The van der Waals surface area contributed by atoms with Crippen LogP contribution < -0.4 is 0 Å². The van der Waals surface area contributed by atoms with Gasteiger partial charge in [0.15, 0.2) is 0 Å². The Morgan fingerprint density at radius 2 is 2.32 bits per heavy atom. The first-order valence-corrected chi connectivity index (χ1v) is 9.08. The van der Waals surface area contributed by atoms with E-state index in [9.17, 15) is 0 Å². The Labute approximate surface area is 135 Å². The summed E-state index contributed by atoms with van der Waals surface area (Å²) in [5.41, 5.74) is 4.22. The largest absolute Gasteiger partial charge is 0.383 e. The molecule has 2 aliphatic rings. The third-order valence-electron chi connectivity index (χ3n) is 4.80. The van der Waals surface area contributed by atoms with Crippen molar-refractivity contribution in [1.29, 1.82) is 0 Å². The molecule has 4 rings (SSSR count). The summed E-state index contributed by atoms with van der Waals surface area (Å²) in [6.07, 6.45) is 5.91. The predicted molar refractivity (Wildman–Crippen MR) is 88.0 cm³/mol. The first-order valence-electron chi connectivity index (χ1n) is 8.14. The van der Waals surface area contributed by atoms with E-state index in [1.807, 2.05) is 0 Å². The molecule has 0 N–H and O–H groups in total. The molecule has 2 aromatic heterocycles. The molecule has 22 heavy (non-hydrogen) atoms. The van der Waals surface area contributed by atoms with Gasteiger partial charge in [0.2, 0.25) is 0 Å². The SMILES string of the molecule is COC[C@H]1c2c(cnn2CC2CC2)CCN1Cc1ccsc1. The molecule has 1 fully saturated rings. The van der Waals surface area contributed by atoms with Crippen molar-refractivity contribution in [2.45, 2.75) is 38.4 Å². The molecule has 1 aliphatic carbocycles. The first kappa shape index (κ1) is 14.4. The summed E-state index contributed by atoms with van der Waals surface area (Å²) < 4.78 is 7.81. The minimum absolute atomic E-state index is 0.329. The fraction of sp³-hybridized carbons (Fsp3) is 0.588. The van der Waals surface area contributed by atoms with Gasteiger partial charge in [0.1, 0.15) is 0 Å². The van der Waals surface area contributed by atoms with E-state index in [2.05, 4.69) is 37.7 Å². The van der Waals surface area contributed by atoms with Gasteiger partial charge in [-0.3, -0.25) is 9.58 Å². The lowest BCUT2D eigenvalue weighted by molar-refractivity contribution is 0.0726. The van der Waals surface area contributed by atoms with Crippen LogP contribution in [0.2, 0.25) is 0 Å². The Morgan fingerprint density at radius 1 is 1.41 bits per heavy atom. The van der Waals surface area contributed by atoms with Gasteiger partial charge in [-0.2, -0.15) is 16.4 Å². The molecule has 4 nitrogen and oxygen atoms in total. The predicted octanol–water partition coefficient (Wildman–Crippen LogP) is 3.10. The molecule has 0 bridgehead atoms. The quantitative estimate of drug-likeness (QED) is 0.820. The van der Waals surface area contributed by atoms with Gasteiger partial charge < -0.3 is 4.74 Å². The highest BCUT2D eigenvalue weighted by Crippen LogP contribution is 2.35. The third kappa shape index (κ3) is 2.85. The average Bonchev–Trinajstić information content (AvgIpc) is 3.02. The fourth-order valence-corrected chi connectivity index (χ4v) is 4.10. The summed E-state index contributed by atoms with van der Waals surface area (Å²) in [7, 11) is 1.80. The molecule has 0 unspecified atom stereocenters. The van der Waals surface area contributed by atoms with Crippen LogP contribution in [0.15, 0.2) is 23.0 Å². The molecule has 2 aromatic rings. The van der Waals surface area contributed by atoms with Crippen LogP contribution >= 0.6 is 11.3 Å². The Morgan fingerprint density at radius 3 is 3.05 bits per heavy atom. The van der Waals surface area contributed by atoms with Crippen molar-refractivity contribution in [3.05, 3.63) is 39.8 Å². The van der Waals surface area contributed by atoms with E-state index in [1.54, 1.807) is 18.4 Å². The number of ether oxygens (including phenoxy) is 1. The minimum atomic E-state index is 0.329. The monoisotopic (exact) mass is 317 g/mol. The fourth-order valence-electron chi connectivity index (χ4n) is 3.44. The molecule has 0 amide bonds. The summed E-state index contributed by atoms with van der Waals surface area (Å²) >= 11 is 1.77. The van der Waals surface area contributed by atoms with Crippen molar-refractivity contribution in [1.82, 2.24) is 14.7 Å². The Hall–Kier alpha value is -1.17. The van der Waals surface area contributed by atoms with Gasteiger partial charge in [-0.25, -0.2) is 0 Å². The van der Waals surface area contributed by atoms with Crippen LogP contribution in [0.5, 0.6) is 0 Å². The molecule has 0 radical (unpaired) electrons. The highest BCUT2D eigenvalue weighted by molar-refractivity contribution is 7.07. The first-order chi connectivity index (χ1) is 10.8. The van der Waals surface area contributed by atoms with Crippen LogP contribution in [0.25, 0.3) is 0 Å². The molecular weight excluding hydrogens is 294 g/mol. The highest BCUT2D eigenvalue weighted by Gasteiger charge is 2.33. The minimum Gasteiger partial charge on any atom is -0.383 e. The van der Waals surface area contributed by atoms with Crippen LogP contribution in [0.1, 0.15) is 35.7 Å². The lowest BCUT2D eigenvalue weighted by Crippen LogP contribution is -2.38. The van der Waals surface area contributed by atoms with Crippen molar-refractivity contribution >= 4 is 11.3 Å². The van der Waals surface area contributed by atoms with E-state index >= 15 is 0 Å². The summed E-state index contributed by atoms with van der Waals surface area (Å²) in [5, 5.41) is 9.09. The van der Waals surface area contributed by atoms with E-state index in [0.29, 0.717) is 6.04 Å². The van der Waals surface area contributed by atoms with Gasteiger partial charge in [0.05, 0.1) is 24.5 Å². The zero-order valence-electron chi connectivity index (χ0n) is 13.1. The summed E-state index contributed by atoms with van der Waals surface area (Å²) in [6, 6.07) is 2.56. The highest BCUT2D eigenvalue weighted by atomic mass is 32.1. The van der Waals surface area contributed by atoms with E-state index < -0.39 is 0 Å². The molecule has 5 heteroatoms. The van der Waals surface area contributed by atoms with Crippen molar-refractivity contribution in [3.8, 4) is 0 Å². The smallest absolute Gasteiger partial charge is 0.0760 e. The number of rotatable bonds is 6. The molecule has 0 spiro atoms. The van der Waals surface area contributed by atoms with Gasteiger partial charge in [-0.05, 0) is 53.1 Å². The van der Waals surface area contributed by atoms with Crippen LogP contribution in [0.3, 0.4) is 0 Å². The zero-order chi connectivity index (χ0) is 14.9. The van der Waals surface area contributed by atoms with Crippen LogP contribution in [0.4, 0.5) is 0 Å².